The number of amides is 1. The van der Waals surface area contributed by atoms with Crippen LogP contribution in [0.4, 0.5) is 11.4 Å². The quantitative estimate of drug-likeness (QED) is 0.761. The van der Waals surface area contributed by atoms with E-state index < -0.39 is 0 Å². The Morgan fingerprint density at radius 3 is 2.21 bits per heavy atom. The van der Waals surface area contributed by atoms with Gasteiger partial charge >= 0.3 is 0 Å². The molecule has 1 heterocycles. The summed E-state index contributed by atoms with van der Waals surface area (Å²) in [6.45, 7) is 12.9. The SMILES string of the molecule is CCN(c1ccc(C(=O)NC(C)c2ccc(N3CCOCC3)cc2)cc1)C(C)C. The van der Waals surface area contributed by atoms with E-state index in [9.17, 15) is 4.79 Å². The van der Waals surface area contributed by atoms with Gasteiger partial charge in [0.2, 0.25) is 0 Å². The molecule has 1 saturated heterocycles. The predicted octanol–water partition coefficient (Wildman–Crippen LogP) is 4.25. The molecule has 5 nitrogen and oxygen atoms in total. The standard InChI is InChI=1S/C24H33N3O2/c1-5-27(18(2)3)23-12-8-21(9-13-23)24(28)25-19(4)20-6-10-22(11-7-20)26-14-16-29-17-15-26/h6-13,18-19H,5,14-17H2,1-4H3,(H,25,28). The average Bonchev–Trinajstić information content (AvgIpc) is 2.75. The third kappa shape index (κ3) is 5.30. The Morgan fingerprint density at radius 1 is 1.03 bits per heavy atom. The first-order chi connectivity index (χ1) is 14.0. The maximum atomic E-state index is 12.7. The number of carbonyl (C=O) groups is 1. The normalized spacial score (nSPS) is 15.3. The van der Waals surface area contributed by atoms with Gasteiger partial charge in [0.1, 0.15) is 0 Å². The second-order valence-electron chi connectivity index (χ2n) is 7.81. The Kier molecular flexibility index (Phi) is 7.15. The first-order valence-electron chi connectivity index (χ1n) is 10.6. The fourth-order valence-corrected chi connectivity index (χ4v) is 3.81. The van der Waals surface area contributed by atoms with Crippen molar-refractivity contribution in [3.8, 4) is 0 Å². The molecule has 0 bridgehead atoms. The van der Waals surface area contributed by atoms with E-state index in [0.29, 0.717) is 11.6 Å². The largest absolute Gasteiger partial charge is 0.378 e. The molecule has 3 rings (SSSR count). The number of hydrogen-bond donors (Lipinski definition) is 1. The lowest BCUT2D eigenvalue weighted by Crippen LogP contribution is -2.36. The van der Waals surface area contributed by atoms with Crippen LogP contribution in [-0.2, 0) is 4.74 Å². The molecule has 0 spiro atoms. The van der Waals surface area contributed by atoms with Gasteiger partial charge in [0.25, 0.3) is 5.91 Å². The van der Waals surface area contributed by atoms with Crippen molar-refractivity contribution in [1.82, 2.24) is 5.32 Å². The molecular weight excluding hydrogens is 362 g/mol. The molecule has 0 radical (unpaired) electrons. The summed E-state index contributed by atoms with van der Waals surface area (Å²) in [4.78, 5) is 17.3. The van der Waals surface area contributed by atoms with Gasteiger partial charge in [-0.05, 0) is 69.7 Å². The van der Waals surface area contributed by atoms with Crippen LogP contribution in [-0.4, -0.2) is 44.8 Å². The van der Waals surface area contributed by atoms with Gasteiger partial charge in [-0.25, -0.2) is 0 Å². The molecule has 1 aliphatic heterocycles. The molecule has 1 fully saturated rings. The predicted molar refractivity (Wildman–Crippen MR) is 120 cm³/mol. The highest BCUT2D eigenvalue weighted by molar-refractivity contribution is 5.94. The van der Waals surface area contributed by atoms with Crippen molar-refractivity contribution in [2.75, 3.05) is 42.6 Å². The molecule has 29 heavy (non-hydrogen) atoms. The minimum absolute atomic E-state index is 0.0473. The maximum absolute atomic E-state index is 12.7. The smallest absolute Gasteiger partial charge is 0.251 e. The minimum Gasteiger partial charge on any atom is -0.378 e. The van der Waals surface area contributed by atoms with E-state index in [-0.39, 0.29) is 11.9 Å². The Labute approximate surface area is 174 Å². The fourth-order valence-electron chi connectivity index (χ4n) is 3.81. The van der Waals surface area contributed by atoms with E-state index >= 15 is 0 Å². The number of ether oxygens (including phenoxy) is 1. The van der Waals surface area contributed by atoms with Crippen molar-refractivity contribution in [2.45, 2.75) is 39.8 Å². The van der Waals surface area contributed by atoms with Crippen LogP contribution in [0, 0.1) is 0 Å². The number of hydrogen-bond acceptors (Lipinski definition) is 4. The topological polar surface area (TPSA) is 44.8 Å². The van der Waals surface area contributed by atoms with Crippen molar-refractivity contribution in [3.05, 3.63) is 59.7 Å². The molecule has 2 aromatic carbocycles. The molecule has 0 aliphatic carbocycles. The molecule has 0 aromatic heterocycles. The van der Waals surface area contributed by atoms with Crippen molar-refractivity contribution in [2.24, 2.45) is 0 Å². The first kappa shape index (κ1) is 21.2. The molecule has 1 unspecified atom stereocenters. The average molecular weight is 396 g/mol. The van der Waals surface area contributed by atoms with Crippen LogP contribution < -0.4 is 15.1 Å². The highest BCUT2D eigenvalue weighted by Crippen LogP contribution is 2.21. The third-order valence-electron chi connectivity index (χ3n) is 5.54. The zero-order valence-electron chi connectivity index (χ0n) is 18.0. The van der Waals surface area contributed by atoms with E-state index in [1.165, 1.54) is 5.69 Å². The van der Waals surface area contributed by atoms with Crippen molar-refractivity contribution in [1.29, 1.82) is 0 Å². The molecule has 1 N–H and O–H groups in total. The lowest BCUT2D eigenvalue weighted by atomic mass is 10.1. The van der Waals surface area contributed by atoms with E-state index in [2.05, 4.69) is 60.2 Å². The zero-order valence-corrected chi connectivity index (χ0v) is 18.0. The summed E-state index contributed by atoms with van der Waals surface area (Å²) in [5, 5.41) is 3.11. The molecule has 0 saturated carbocycles. The molecular formula is C24H33N3O2. The Morgan fingerprint density at radius 2 is 1.66 bits per heavy atom. The van der Waals surface area contributed by atoms with Gasteiger partial charge in [0.15, 0.2) is 0 Å². The van der Waals surface area contributed by atoms with Gasteiger partial charge in [-0.15, -0.1) is 0 Å². The summed E-state index contributed by atoms with van der Waals surface area (Å²) in [5.74, 6) is -0.0473. The summed E-state index contributed by atoms with van der Waals surface area (Å²) in [6, 6.07) is 16.7. The molecule has 1 aliphatic rings. The second kappa shape index (κ2) is 9.79. The van der Waals surface area contributed by atoms with Crippen molar-refractivity contribution < 1.29 is 9.53 Å². The molecule has 1 atom stereocenters. The molecule has 2 aromatic rings. The first-order valence-corrected chi connectivity index (χ1v) is 10.6. The Bertz CT molecular complexity index is 781. The van der Waals surface area contributed by atoms with Crippen LogP contribution in [0.3, 0.4) is 0 Å². The summed E-state index contributed by atoms with van der Waals surface area (Å²) < 4.78 is 5.42. The van der Waals surface area contributed by atoms with Gasteiger partial charge in [0, 0.05) is 42.6 Å². The fraction of sp³-hybridized carbons (Fsp3) is 0.458. The molecule has 1 amide bonds. The molecule has 156 valence electrons. The van der Waals surface area contributed by atoms with Crippen molar-refractivity contribution >= 4 is 17.3 Å². The van der Waals surface area contributed by atoms with Gasteiger partial charge < -0.3 is 19.9 Å². The molecule has 5 heteroatoms. The van der Waals surface area contributed by atoms with Crippen LogP contribution in [0.5, 0.6) is 0 Å². The second-order valence-corrected chi connectivity index (χ2v) is 7.81. The van der Waals surface area contributed by atoms with Gasteiger partial charge in [0.05, 0.1) is 19.3 Å². The Balaban J connectivity index is 1.61. The Hall–Kier alpha value is -2.53. The summed E-state index contributed by atoms with van der Waals surface area (Å²) in [6.07, 6.45) is 0. The van der Waals surface area contributed by atoms with Crippen LogP contribution in [0.25, 0.3) is 0 Å². The minimum atomic E-state index is -0.0521. The van der Waals surface area contributed by atoms with Crippen LogP contribution >= 0.6 is 0 Å². The summed E-state index contributed by atoms with van der Waals surface area (Å²) >= 11 is 0. The number of morpholine rings is 1. The van der Waals surface area contributed by atoms with Crippen LogP contribution in [0.2, 0.25) is 0 Å². The van der Waals surface area contributed by atoms with Crippen molar-refractivity contribution in [3.63, 3.8) is 0 Å². The number of nitrogens with zero attached hydrogens (tertiary/aromatic N) is 2. The van der Waals surface area contributed by atoms with E-state index in [0.717, 1.165) is 44.1 Å². The zero-order chi connectivity index (χ0) is 20.8. The number of anilines is 2. The number of benzene rings is 2. The summed E-state index contributed by atoms with van der Waals surface area (Å²) in [7, 11) is 0. The van der Waals surface area contributed by atoms with E-state index in [1.54, 1.807) is 0 Å². The number of nitrogens with one attached hydrogen (secondary N) is 1. The van der Waals surface area contributed by atoms with E-state index in [1.807, 2.05) is 31.2 Å². The maximum Gasteiger partial charge on any atom is 0.251 e. The number of rotatable bonds is 7. The van der Waals surface area contributed by atoms with Gasteiger partial charge in [-0.1, -0.05) is 12.1 Å². The monoisotopic (exact) mass is 395 g/mol. The van der Waals surface area contributed by atoms with Crippen LogP contribution in [0.15, 0.2) is 48.5 Å². The lowest BCUT2D eigenvalue weighted by Gasteiger charge is -2.29. The third-order valence-corrected chi connectivity index (χ3v) is 5.54. The van der Waals surface area contributed by atoms with Gasteiger partial charge in [-0.2, -0.15) is 0 Å². The van der Waals surface area contributed by atoms with Gasteiger partial charge in [-0.3, -0.25) is 4.79 Å². The highest BCUT2D eigenvalue weighted by Gasteiger charge is 2.15. The highest BCUT2D eigenvalue weighted by atomic mass is 16.5. The van der Waals surface area contributed by atoms with Crippen LogP contribution in [0.1, 0.15) is 49.7 Å². The number of carbonyl (C=O) groups excluding carboxylic acids is 1. The van der Waals surface area contributed by atoms with E-state index in [4.69, 9.17) is 4.74 Å². The summed E-state index contributed by atoms with van der Waals surface area (Å²) in [5.41, 5.74) is 4.14. The lowest BCUT2D eigenvalue weighted by molar-refractivity contribution is 0.0940.